The molecule has 9 heteroatoms. The smallest absolute Gasteiger partial charge is 0.332 e. The van der Waals surface area contributed by atoms with Crippen molar-refractivity contribution in [1.82, 2.24) is 24.0 Å². The van der Waals surface area contributed by atoms with E-state index < -0.39 is 17.3 Å². The maximum absolute atomic E-state index is 12.9. The Bertz CT molecular complexity index is 1610. The van der Waals surface area contributed by atoms with Crippen LogP contribution in [0.15, 0.2) is 81.0 Å². The molecule has 0 saturated carbocycles. The zero-order chi connectivity index (χ0) is 24.5. The van der Waals surface area contributed by atoms with Crippen LogP contribution in [0.3, 0.4) is 0 Å². The fourth-order valence-electron chi connectivity index (χ4n) is 4.32. The minimum atomic E-state index is -0.426. The van der Waals surface area contributed by atoms with E-state index in [1.165, 1.54) is 17.9 Å². The predicted octanol–water partition coefficient (Wildman–Crippen LogP) is 2.87. The first-order valence-electron chi connectivity index (χ1n) is 11.4. The summed E-state index contributed by atoms with van der Waals surface area (Å²) in [6.07, 6.45) is 2.27. The third kappa shape index (κ3) is 4.16. The molecule has 5 aromatic rings. The highest BCUT2D eigenvalue weighted by molar-refractivity contribution is 5.79. The van der Waals surface area contributed by atoms with Gasteiger partial charge in [0, 0.05) is 32.4 Å². The molecule has 9 nitrogen and oxygen atoms in total. The SMILES string of the molecule is Cn1c(=O)c2c(ncn2CCCC(=O)NC(c2ccccc2)c2cc3ccccc3o2)n(C)c1=O. The number of para-hydroxylation sites is 1. The Balaban J connectivity index is 1.33. The van der Waals surface area contributed by atoms with Crippen LogP contribution in [0.5, 0.6) is 0 Å². The number of nitrogens with one attached hydrogen (secondary N) is 1. The number of nitrogens with zero attached hydrogens (tertiary/aromatic N) is 4. The fourth-order valence-corrected chi connectivity index (χ4v) is 4.32. The van der Waals surface area contributed by atoms with E-state index in [0.717, 1.165) is 21.1 Å². The summed E-state index contributed by atoms with van der Waals surface area (Å²) >= 11 is 0. The Morgan fingerprint density at radius 3 is 2.54 bits per heavy atom. The molecule has 35 heavy (non-hydrogen) atoms. The third-order valence-corrected chi connectivity index (χ3v) is 6.19. The molecule has 3 aromatic heterocycles. The number of benzene rings is 2. The van der Waals surface area contributed by atoms with Gasteiger partial charge >= 0.3 is 5.69 Å². The number of furan rings is 1. The molecule has 0 saturated heterocycles. The van der Waals surface area contributed by atoms with Crippen molar-refractivity contribution in [3.8, 4) is 0 Å². The monoisotopic (exact) mass is 471 g/mol. The maximum Gasteiger partial charge on any atom is 0.332 e. The molecule has 1 N–H and O–H groups in total. The first kappa shape index (κ1) is 22.4. The second kappa shape index (κ2) is 9.09. The average molecular weight is 472 g/mol. The van der Waals surface area contributed by atoms with E-state index in [1.807, 2.05) is 60.7 Å². The van der Waals surface area contributed by atoms with Gasteiger partial charge in [-0.15, -0.1) is 0 Å². The Hall–Kier alpha value is -4.40. The Morgan fingerprint density at radius 2 is 1.77 bits per heavy atom. The van der Waals surface area contributed by atoms with Gasteiger partial charge in [-0.3, -0.25) is 18.7 Å². The molecule has 0 radical (unpaired) electrons. The molecule has 0 spiro atoms. The standard InChI is InChI=1S/C26H25N5O4/c1-29-24-23(25(33)30(2)26(29)34)31(16-27-24)14-8-13-21(32)28-22(17-9-4-3-5-10-17)20-15-18-11-6-7-12-19(18)35-20/h3-7,9-12,15-16,22H,8,13-14H2,1-2H3,(H,28,32). The summed E-state index contributed by atoms with van der Waals surface area (Å²) in [6.45, 7) is 0.415. The number of rotatable bonds is 7. The minimum Gasteiger partial charge on any atom is -0.459 e. The number of hydrogen-bond acceptors (Lipinski definition) is 5. The summed E-state index contributed by atoms with van der Waals surface area (Å²) in [6, 6.07) is 18.9. The number of aryl methyl sites for hydroxylation is 2. The topological polar surface area (TPSA) is 104 Å². The van der Waals surface area contributed by atoms with E-state index in [4.69, 9.17) is 4.42 Å². The maximum atomic E-state index is 12.9. The molecule has 3 heterocycles. The number of amides is 1. The molecule has 178 valence electrons. The summed E-state index contributed by atoms with van der Waals surface area (Å²) in [4.78, 5) is 41.9. The number of hydrogen-bond donors (Lipinski definition) is 1. The Morgan fingerprint density at radius 1 is 1.03 bits per heavy atom. The summed E-state index contributed by atoms with van der Waals surface area (Å²) in [5.74, 6) is 0.528. The summed E-state index contributed by atoms with van der Waals surface area (Å²) in [5, 5.41) is 4.07. The van der Waals surface area contributed by atoms with Crippen LogP contribution in [0.4, 0.5) is 0 Å². The number of carbonyl (C=O) groups is 1. The zero-order valence-corrected chi connectivity index (χ0v) is 19.5. The van der Waals surface area contributed by atoms with Gasteiger partial charge in [0.2, 0.25) is 5.91 Å². The first-order chi connectivity index (χ1) is 16.9. The summed E-state index contributed by atoms with van der Waals surface area (Å²) in [7, 11) is 3.02. The van der Waals surface area contributed by atoms with Crippen LogP contribution in [-0.2, 0) is 25.4 Å². The van der Waals surface area contributed by atoms with Crippen LogP contribution in [0.1, 0.15) is 30.2 Å². The van der Waals surface area contributed by atoms with Gasteiger partial charge < -0.3 is 14.3 Å². The highest BCUT2D eigenvalue weighted by Gasteiger charge is 2.21. The first-order valence-corrected chi connectivity index (χ1v) is 11.4. The van der Waals surface area contributed by atoms with Crippen molar-refractivity contribution in [2.45, 2.75) is 25.4 Å². The van der Waals surface area contributed by atoms with Crippen molar-refractivity contribution in [3.63, 3.8) is 0 Å². The van der Waals surface area contributed by atoms with Gasteiger partial charge in [0.1, 0.15) is 17.4 Å². The number of fused-ring (bicyclic) bond motifs is 2. The zero-order valence-electron chi connectivity index (χ0n) is 19.5. The molecule has 5 rings (SSSR count). The number of imidazole rings is 1. The van der Waals surface area contributed by atoms with Crippen LogP contribution >= 0.6 is 0 Å². The van der Waals surface area contributed by atoms with E-state index in [9.17, 15) is 14.4 Å². The number of carbonyl (C=O) groups excluding carboxylic acids is 1. The van der Waals surface area contributed by atoms with Gasteiger partial charge in [0.25, 0.3) is 5.56 Å². The molecule has 0 aliphatic rings. The van der Waals surface area contributed by atoms with Crippen LogP contribution in [-0.4, -0.2) is 24.6 Å². The van der Waals surface area contributed by atoms with Crippen LogP contribution < -0.4 is 16.6 Å². The minimum absolute atomic E-state index is 0.135. The van der Waals surface area contributed by atoms with Gasteiger partial charge in [0.05, 0.1) is 6.33 Å². The van der Waals surface area contributed by atoms with Crippen LogP contribution in [0.25, 0.3) is 22.1 Å². The largest absolute Gasteiger partial charge is 0.459 e. The van der Waals surface area contributed by atoms with Gasteiger partial charge in [-0.25, -0.2) is 9.78 Å². The van der Waals surface area contributed by atoms with Crippen molar-refractivity contribution >= 4 is 28.0 Å². The summed E-state index contributed by atoms with van der Waals surface area (Å²) in [5.41, 5.74) is 1.53. The van der Waals surface area contributed by atoms with E-state index in [2.05, 4.69) is 10.3 Å². The molecule has 0 aliphatic carbocycles. The van der Waals surface area contributed by atoms with Gasteiger partial charge in [-0.05, 0) is 24.1 Å². The normalized spacial score (nSPS) is 12.3. The molecule has 2 aromatic carbocycles. The predicted molar refractivity (Wildman–Crippen MR) is 132 cm³/mol. The second-order valence-corrected chi connectivity index (χ2v) is 8.52. The van der Waals surface area contributed by atoms with E-state index in [0.29, 0.717) is 29.9 Å². The molecule has 1 unspecified atom stereocenters. The molecule has 0 bridgehead atoms. The average Bonchev–Trinajstić information content (AvgIpc) is 3.50. The molecule has 1 amide bonds. The van der Waals surface area contributed by atoms with Crippen molar-refractivity contribution in [2.24, 2.45) is 14.1 Å². The lowest BCUT2D eigenvalue weighted by molar-refractivity contribution is -0.121. The number of aromatic nitrogens is 4. The van der Waals surface area contributed by atoms with Gasteiger partial charge in [-0.1, -0.05) is 48.5 Å². The Kier molecular flexibility index (Phi) is 5.82. The van der Waals surface area contributed by atoms with Crippen molar-refractivity contribution < 1.29 is 9.21 Å². The van der Waals surface area contributed by atoms with Crippen LogP contribution in [0, 0.1) is 0 Å². The molecular formula is C26H25N5O4. The lowest BCUT2D eigenvalue weighted by Crippen LogP contribution is -2.37. The highest BCUT2D eigenvalue weighted by atomic mass is 16.3. The molecular weight excluding hydrogens is 446 g/mol. The Labute approximate surface area is 200 Å². The van der Waals surface area contributed by atoms with E-state index in [-0.39, 0.29) is 12.3 Å². The van der Waals surface area contributed by atoms with E-state index >= 15 is 0 Å². The van der Waals surface area contributed by atoms with Crippen LogP contribution in [0.2, 0.25) is 0 Å². The quantitative estimate of drug-likeness (QED) is 0.393. The molecule has 1 atom stereocenters. The fraction of sp³-hybridized carbons (Fsp3) is 0.231. The third-order valence-electron chi connectivity index (χ3n) is 6.19. The summed E-state index contributed by atoms with van der Waals surface area (Å²) < 4.78 is 10.1. The van der Waals surface area contributed by atoms with Gasteiger partial charge in [0.15, 0.2) is 11.2 Å². The molecule has 0 aliphatic heterocycles. The van der Waals surface area contributed by atoms with Crippen molar-refractivity contribution in [2.75, 3.05) is 0 Å². The second-order valence-electron chi connectivity index (χ2n) is 8.52. The highest BCUT2D eigenvalue weighted by Crippen LogP contribution is 2.28. The van der Waals surface area contributed by atoms with Crippen molar-refractivity contribution in [3.05, 3.63) is 99.2 Å². The molecule has 0 fully saturated rings. The van der Waals surface area contributed by atoms with Crippen molar-refractivity contribution in [1.29, 1.82) is 0 Å². The van der Waals surface area contributed by atoms with Gasteiger partial charge in [-0.2, -0.15) is 0 Å². The lowest BCUT2D eigenvalue weighted by atomic mass is 10.0. The van der Waals surface area contributed by atoms with E-state index in [1.54, 1.807) is 11.6 Å². The lowest BCUT2D eigenvalue weighted by Gasteiger charge is -2.17.